The van der Waals surface area contributed by atoms with E-state index in [2.05, 4.69) is 7.05 Å². The number of rotatable bonds is 6. The molecule has 28 heavy (non-hydrogen) atoms. The minimum absolute atomic E-state index is 0.0483. The fraction of sp³-hybridized carbons (Fsp3) is 0.409. The Kier molecular flexibility index (Phi) is 5.79. The summed E-state index contributed by atoms with van der Waals surface area (Å²) in [4.78, 5) is 12.1. The van der Waals surface area contributed by atoms with E-state index in [4.69, 9.17) is 14.2 Å². The summed E-state index contributed by atoms with van der Waals surface area (Å²) in [6.07, 6.45) is 1.57. The van der Waals surface area contributed by atoms with Gasteiger partial charge in [0, 0.05) is 18.4 Å². The molecule has 0 aromatic heterocycles. The van der Waals surface area contributed by atoms with Crippen molar-refractivity contribution in [3.8, 4) is 17.2 Å². The van der Waals surface area contributed by atoms with Crippen molar-refractivity contribution in [3.63, 3.8) is 0 Å². The van der Waals surface area contributed by atoms with E-state index >= 15 is 0 Å². The second kappa shape index (κ2) is 8.10. The molecule has 0 amide bonds. The van der Waals surface area contributed by atoms with Gasteiger partial charge in [0.1, 0.15) is 11.8 Å². The van der Waals surface area contributed by atoms with Crippen LogP contribution in [0.5, 0.6) is 17.2 Å². The predicted octanol–water partition coefficient (Wildman–Crippen LogP) is 2.87. The van der Waals surface area contributed by atoms with Crippen molar-refractivity contribution in [2.45, 2.75) is 18.9 Å². The molecule has 0 bridgehead atoms. The molecular formula is C22H28NO5+. The van der Waals surface area contributed by atoms with Gasteiger partial charge in [-0.1, -0.05) is 12.1 Å². The molecule has 0 unspecified atom stereocenters. The van der Waals surface area contributed by atoms with Gasteiger partial charge < -0.3 is 23.8 Å². The Bertz CT molecular complexity index is 849. The number of phenolic OH excluding ortho intramolecular Hbond substituents is 1. The van der Waals surface area contributed by atoms with Crippen molar-refractivity contribution in [1.82, 2.24) is 0 Å². The van der Waals surface area contributed by atoms with E-state index in [0.717, 1.165) is 30.5 Å². The topological polar surface area (TPSA) is 65.0 Å². The van der Waals surface area contributed by atoms with Gasteiger partial charge in [0.25, 0.3) is 0 Å². The number of benzene rings is 2. The predicted molar refractivity (Wildman–Crippen MR) is 106 cm³/mol. The lowest BCUT2D eigenvalue weighted by atomic mass is 9.86. The summed E-state index contributed by atoms with van der Waals surface area (Å²) < 4.78 is 16.5. The van der Waals surface area contributed by atoms with Crippen LogP contribution in [0.15, 0.2) is 36.4 Å². The Morgan fingerprint density at radius 1 is 1.11 bits per heavy atom. The lowest BCUT2D eigenvalue weighted by molar-refractivity contribution is -0.934. The molecule has 3 rings (SSSR count). The number of fused-ring (bicyclic) bond motifs is 1. The van der Waals surface area contributed by atoms with Gasteiger partial charge in [-0.15, -0.1) is 0 Å². The molecule has 0 saturated heterocycles. The van der Waals surface area contributed by atoms with E-state index < -0.39 is 0 Å². The van der Waals surface area contributed by atoms with Crippen molar-refractivity contribution in [1.29, 1.82) is 0 Å². The minimum Gasteiger partial charge on any atom is -0.508 e. The van der Waals surface area contributed by atoms with Crippen molar-refractivity contribution in [3.05, 3.63) is 53.1 Å². The molecule has 0 fully saturated rings. The molecule has 2 atom stereocenters. The average molecular weight is 386 g/mol. The lowest BCUT2D eigenvalue weighted by Gasteiger charge is -2.45. The quantitative estimate of drug-likeness (QED) is 0.611. The summed E-state index contributed by atoms with van der Waals surface area (Å²) in [5.41, 5.74) is 3.46. The van der Waals surface area contributed by atoms with E-state index in [-0.39, 0.29) is 17.8 Å². The van der Waals surface area contributed by atoms with Gasteiger partial charge in [-0.05, 0) is 35.4 Å². The molecule has 1 aliphatic heterocycles. The molecule has 6 heteroatoms. The Hall–Kier alpha value is -2.73. The molecule has 2 aromatic rings. The van der Waals surface area contributed by atoms with Crippen LogP contribution < -0.4 is 9.47 Å². The number of hydrogen-bond acceptors (Lipinski definition) is 5. The first kappa shape index (κ1) is 20.0. The maximum absolute atomic E-state index is 12.1. The second-order valence-corrected chi connectivity index (χ2v) is 7.48. The molecular weight excluding hydrogens is 358 g/mol. The molecule has 0 saturated carbocycles. The van der Waals surface area contributed by atoms with E-state index in [9.17, 15) is 9.90 Å². The molecule has 0 spiro atoms. The van der Waals surface area contributed by atoms with Crippen molar-refractivity contribution < 1.29 is 28.6 Å². The molecule has 1 heterocycles. The lowest BCUT2D eigenvalue weighted by Crippen LogP contribution is -2.54. The number of likely N-dealkylation sites (N-methyl/N-ethyl adjacent to an activating group) is 1. The van der Waals surface area contributed by atoms with Crippen LogP contribution in [-0.2, 0) is 22.4 Å². The van der Waals surface area contributed by atoms with Crippen LogP contribution >= 0.6 is 0 Å². The van der Waals surface area contributed by atoms with Gasteiger partial charge in [0.15, 0.2) is 18.0 Å². The summed E-state index contributed by atoms with van der Waals surface area (Å²) in [7, 11) is 6.79. The number of aromatic hydroxyl groups is 1. The van der Waals surface area contributed by atoms with Gasteiger partial charge in [-0.25, -0.2) is 4.79 Å². The largest absolute Gasteiger partial charge is 0.508 e. The highest BCUT2D eigenvalue weighted by atomic mass is 16.5. The summed E-state index contributed by atoms with van der Waals surface area (Å²) in [5, 5.41) is 9.60. The fourth-order valence-corrected chi connectivity index (χ4v) is 4.07. The summed E-state index contributed by atoms with van der Waals surface area (Å²) in [6.45, 7) is 1.12. The van der Waals surface area contributed by atoms with E-state index in [1.54, 1.807) is 26.4 Å². The number of quaternary nitrogens is 1. The SMILES string of the molecule is COC(=O)C[N@@+]1(C)CCc2cc(OC)c(OC)cc2[C@H]1Cc1ccc(O)cc1. The summed E-state index contributed by atoms with van der Waals surface area (Å²) in [6, 6.07) is 11.4. The highest BCUT2D eigenvalue weighted by molar-refractivity contribution is 5.70. The maximum atomic E-state index is 12.1. The number of carbonyl (C=O) groups excluding carboxylic acids is 1. The van der Waals surface area contributed by atoms with Crippen molar-refractivity contribution in [2.24, 2.45) is 0 Å². The first-order valence-corrected chi connectivity index (χ1v) is 9.34. The van der Waals surface area contributed by atoms with E-state index in [0.29, 0.717) is 22.5 Å². The number of hydrogen-bond donors (Lipinski definition) is 1. The van der Waals surface area contributed by atoms with Crippen molar-refractivity contribution in [2.75, 3.05) is 41.5 Å². The molecule has 150 valence electrons. The summed E-state index contributed by atoms with van der Waals surface area (Å²) >= 11 is 0. The zero-order chi connectivity index (χ0) is 20.3. The average Bonchev–Trinajstić information content (AvgIpc) is 2.70. The third-order valence-corrected chi connectivity index (χ3v) is 5.73. The summed E-state index contributed by atoms with van der Waals surface area (Å²) in [5.74, 6) is 1.42. The molecule has 0 aliphatic carbocycles. The van der Waals surface area contributed by atoms with Gasteiger partial charge in [-0.2, -0.15) is 0 Å². The number of methoxy groups -OCH3 is 3. The zero-order valence-electron chi connectivity index (χ0n) is 16.9. The van der Waals surface area contributed by atoms with E-state index in [1.807, 2.05) is 24.3 Å². The number of esters is 1. The van der Waals surface area contributed by atoms with Gasteiger partial charge in [0.05, 0.1) is 34.9 Å². The smallest absolute Gasteiger partial charge is 0.361 e. The third-order valence-electron chi connectivity index (χ3n) is 5.73. The van der Waals surface area contributed by atoms with Crippen LogP contribution in [0.2, 0.25) is 0 Å². The normalized spacial score (nSPS) is 20.9. The molecule has 6 nitrogen and oxygen atoms in total. The molecule has 0 radical (unpaired) electrons. The number of nitrogens with zero attached hydrogens (tertiary/aromatic N) is 1. The molecule has 1 aliphatic rings. The van der Waals surface area contributed by atoms with Gasteiger partial charge in [-0.3, -0.25) is 0 Å². The van der Waals surface area contributed by atoms with Crippen molar-refractivity contribution >= 4 is 5.97 Å². The number of ether oxygens (including phenoxy) is 3. The van der Waals surface area contributed by atoms with Crippen LogP contribution in [0.1, 0.15) is 22.7 Å². The Morgan fingerprint density at radius 2 is 1.75 bits per heavy atom. The standard InChI is InChI=1S/C22H27NO5/c1-23(14-22(25)28-4)10-9-16-12-20(26-2)21(27-3)13-18(16)19(23)11-15-5-7-17(24)8-6-15/h5-8,12-13,19H,9-11,14H2,1-4H3/p+1/t19-,23-/m1/s1. The Balaban J connectivity index is 2.06. The molecule has 1 N–H and O–H groups in total. The monoisotopic (exact) mass is 386 g/mol. The number of phenols is 1. The first-order chi connectivity index (χ1) is 13.4. The highest BCUT2D eigenvalue weighted by Gasteiger charge is 2.41. The second-order valence-electron chi connectivity index (χ2n) is 7.48. The minimum atomic E-state index is -0.220. The first-order valence-electron chi connectivity index (χ1n) is 9.34. The fourth-order valence-electron chi connectivity index (χ4n) is 4.07. The van der Waals surface area contributed by atoms with Crippen LogP contribution in [0.4, 0.5) is 0 Å². The highest BCUT2D eigenvalue weighted by Crippen LogP contribution is 2.42. The molecule has 2 aromatic carbocycles. The Morgan fingerprint density at radius 3 is 2.36 bits per heavy atom. The third kappa shape index (κ3) is 3.92. The van der Waals surface area contributed by atoms with Crippen LogP contribution in [0.25, 0.3) is 0 Å². The van der Waals surface area contributed by atoms with Crippen LogP contribution in [-0.4, -0.2) is 57.0 Å². The number of carbonyl (C=O) groups is 1. The van der Waals surface area contributed by atoms with E-state index in [1.165, 1.54) is 12.7 Å². The van der Waals surface area contributed by atoms with Gasteiger partial charge >= 0.3 is 5.97 Å². The zero-order valence-corrected chi connectivity index (χ0v) is 16.9. The van der Waals surface area contributed by atoms with Crippen LogP contribution in [0, 0.1) is 0 Å². The Labute approximate surface area is 165 Å². The van der Waals surface area contributed by atoms with Crippen LogP contribution in [0.3, 0.4) is 0 Å². The van der Waals surface area contributed by atoms with Gasteiger partial charge in [0.2, 0.25) is 0 Å². The maximum Gasteiger partial charge on any atom is 0.361 e.